The van der Waals surface area contributed by atoms with Crippen LogP contribution in [0.2, 0.25) is 0 Å². The fraction of sp³-hybridized carbons (Fsp3) is 0.750. The van der Waals surface area contributed by atoms with Gasteiger partial charge in [-0.15, -0.1) is 0 Å². The van der Waals surface area contributed by atoms with Crippen molar-refractivity contribution in [3.8, 4) is 0 Å². The highest BCUT2D eigenvalue weighted by molar-refractivity contribution is 5.65. The molecular weight excluding hydrogens is 176 g/mol. The van der Waals surface area contributed by atoms with Crippen molar-refractivity contribution in [2.24, 2.45) is 5.92 Å². The summed E-state index contributed by atoms with van der Waals surface area (Å²) in [5.74, 6) is 0.418. The molecule has 14 heavy (non-hydrogen) atoms. The Morgan fingerprint density at radius 1 is 1.43 bits per heavy atom. The Morgan fingerprint density at radius 3 is 2.71 bits per heavy atom. The van der Waals surface area contributed by atoms with E-state index >= 15 is 0 Å². The van der Waals surface area contributed by atoms with Gasteiger partial charge in [-0.2, -0.15) is 0 Å². The van der Waals surface area contributed by atoms with Crippen LogP contribution in [-0.2, 0) is 9.53 Å². The fourth-order valence-corrected chi connectivity index (χ4v) is 1.13. The number of esters is 1. The van der Waals surface area contributed by atoms with E-state index in [2.05, 4.69) is 26.0 Å². The van der Waals surface area contributed by atoms with Crippen LogP contribution in [0.1, 0.15) is 46.5 Å². The molecule has 0 N–H and O–H groups in total. The molecule has 0 aromatic rings. The quantitative estimate of drug-likeness (QED) is 0.463. The second kappa shape index (κ2) is 8.79. The maximum absolute atomic E-state index is 10.5. The predicted octanol–water partition coefficient (Wildman–Crippen LogP) is 3.32. The lowest BCUT2D eigenvalue weighted by molar-refractivity contribution is -0.141. The zero-order valence-electron chi connectivity index (χ0n) is 9.58. The van der Waals surface area contributed by atoms with Crippen molar-refractivity contribution in [1.29, 1.82) is 0 Å². The van der Waals surface area contributed by atoms with Gasteiger partial charge >= 0.3 is 5.97 Å². The van der Waals surface area contributed by atoms with E-state index in [1.807, 2.05) is 0 Å². The number of allylic oxidation sites excluding steroid dienone is 2. The molecule has 0 amide bonds. The Balaban J connectivity index is 3.36. The van der Waals surface area contributed by atoms with Crippen LogP contribution in [-0.4, -0.2) is 12.6 Å². The molecule has 82 valence electrons. The number of hydrogen-bond donors (Lipinski definition) is 0. The lowest BCUT2D eigenvalue weighted by atomic mass is 10.0. The maximum Gasteiger partial charge on any atom is 0.302 e. The number of unbranched alkanes of at least 4 members (excludes halogenated alkanes) is 1. The average molecular weight is 198 g/mol. The molecule has 0 aliphatic heterocycles. The molecule has 0 aliphatic carbocycles. The Bertz CT molecular complexity index is 173. The van der Waals surface area contributed by atoms with Crippen molar-refractivity contribution in [3.05, 3.63) is 12.2 Å². The normalized spacial score (nSPS) is 13.1. The molecule has 0 bridgehead atoms. The average Bonchev–Trinajstić information content (AvgIpc) is 2.12. The van der Waals surface area contributed by atoms with Gasteiger partial charge in [0.05, 0.1) is 6.61 Å². The molecule has 0 fully saturated rings. The van der Waals surface area contributed by atoms with Crippen molar-refractivity contribution < 1.29 is 9.53 Å². The Hall–Kier alpha value is -0.790. The van der Waals surface area contributed by atoms with Crippen molar-refractivity contribution in [3.63, 3.8) is 0 Å². The molecule has 2 nitrogen and oxygen atoms in total. The third kappa shape index (κ3) is 9.30. The van der Waals surface area contributed by atoms with Crippen LogP contribution in [0.25, 0.3) is 0 Å². The van der Waals surface area contributed by atoms with Gasteiger partial charge in [-0.1, -0.05) is 32.4 Å². The first-order chi connectivity index (χ1) is 6.66. The first-order valence-electron chi connectivity index (χ1n) is 5.45. The zero-order valence-corrected chi connectivity index (χ0v) is 9.58. The number of carbonyl (C=O) groups excluding carboxylic acids is 1. The van der Waals surface area contributed by atoms with Crippen LogP contribution in [0.3, 0.4) is 0 Å². The molecule has 0 saturated carbocycles. The van der Waals surface area contributed by atoms with Gasteiger partial charge in [-0.25, -0.2) is 0 Å². The molecule has 2 heteroatoms. The van der Waals surface area contributed by atoms with Crippen LogP contribution in [0.15, 0.2) is 12.2 Å². The largest absolute Gasteiger partial charge is 0.466 e. The van der Waals surface area contributed by atoms with Crippen LogP contribution < -0.4 is 0 Å². The molecular formula is C12H22O2. The maximum atomic E-state index is 10.5. The van der Waals surface area contributed by atoms with Crippen LogP contribution in [0.5, 0.6) is 0 Å². The molecule has 1 unspecified atom stereocenters. The van der Waals surface area contributed by atoms with E-state index in [4.69, 9.17) is 4.74 Å². The minimum Gasteiger partial charge on any atom is -0.466 e. The van der Waals surface area contributed by atoms with Gasteiger partial charge < -0.3 is 4.74 Å². The van der Waals surface area contributed by atoms with E-state index in [1.54, 1.807) is 0 Å². The second-order valence-electron chi connectivity index (χ2n) is 3.73. The zero-order chi connectivity index (χ0) is 10.8. The summed E-state index contributed by atoms with van der Waals surface area (Å²) in [6, 6.07) is 0. The SMILES string of the molecule is CCCC=CCC(C)CCOC(C)=O. The first kappa shape index (κ1) is 13.2. The third-order valence-corrected chi connectivity index (χ3v) is 2.08. The molecule has 0 heterocycles. The lowest BCUT2D eigenvalue weighted by Crippen LogP contribution is -2.04. The first-order valence-corrected chi connectivity index (χ1v) is 5.45. The predicted molar refractivity (Wildman–Crippen MR) is 59.1 cm³/mol. The molecule has 0 spiro atoms. The molecule has 0 saturated heterocycles. The lowest BCUT2D eigenvalue weighted by Gasteiger charge is -2.07. The van der Waals surface area contributed by atoms with E-state index < -0.39 is 0 Å². The van der Waals surface area contributed by atoms with Gasteiger partial charge in [0, 0.05) is 6.92 Å². The van der Waals surface area contributed by atoms with Crippen LogP contribution >= 0.6 is 0 Å². The van der Waals surface area contributed by atoms with Crippen molar-refractivity contribution in [1.82, 2.24) is 0 Å². The molecule has 0 aromatic heterocycles. The summed E-state index contributed by atoms with van der Waals surface area (Å²) >= 11 is 0. The standard InChI is InChI=1S/C12H22O2/c1-4-5-6-7-8-11(2)9-10-14-12(3)13/h6-7,11H,4-5,8-10H2,1-3H3. The second-order valence-corrected chi connectivity index (χ2v) is 3.73. The number of rotatable bonds is 7. The minimum absolute atomic E-state index is 0.182. The van der Waals surface area contributed by atoms with E-state index in [0.29, 0.717) is 12.5 Å². The highest BCUT2D eigenvalue weighted by Crippen LogP contribution is 2.08. The van der Waals surface area contributed by atoms with E-state index in [1.165, 1.54) is 13.3 Å². The van der Waals surface area contributed by atoms with Crippen LogP contribution in [0, 0.1) is 5.92 Å². The molecule has 0 aromatic carbocycles. The molecule has 1 atom stereocenters. The van der Waals surface area contributed by atoms with E-state index in [0.717, 1.165) is 19.3 Å². The van der Waals surface area contributed by atoms with Gasteiger partial charge in [-0.3, -0.25) is 4.79 Å². The summed E-state index contributed by atoms with van der Waals surface area (Å²) in [5.41, 5.74) is 0. The van der Waals surface area contributed by atoms with E-state index in [-0.39, 0.29) is 5.97 Å². The number of carbonyl (C=O) groups is 1. The van der Waals surface area contributed by atoms with Gasteiger partial charge in [0.1, 0.15) is 0 Å². The van der Waals surface area contributed by atoms with E-state index in [9.17, 15) is 4.79 Å². The number of ether oxygens (including phenoxy) is 1. The Labute approximate surface area is 87.3 Å². The summed E-state index contributed by atoms with van der Waals surface area (Å²) in [7, 11) is 0. The number of hydrogen-bond acceptors (Lipinski definition) is 2. The monoisotopic (exact) mass is 198 g/mol. The highest BCUT2D eigenvalue weighted by atomic mass is 16.5. The van der Waals surface area contributed by atoms with Gasteiger partial charge in [0.2, 0.25) is 0 Å². The summed E-state index contributed by atoms with van der Waals surface area (Å²) < 4.78 is 4.88. The summed E-state index contributed by atoms with van der Waals surface area (Å²) in [4.78, 5) is 10.5. The molecule has 0 rings (SSSR count). The Morgan fingerprint density at radius 2 is 2.14 bits per heavy atom. The molecule has 0 aliphatic rings. The summed E-state index contributed by atoms with van der Waals surface area (Å²) in [6.45, 7) is 6.36. The topological polar surface area (TPSA) is 26.3 Å². The summed E-state index contributed by atoms with van der Waals surface area (Å²) in [6.07, 6.45) is 8.86. The van der Waals surface area contributed by atoms with Gasteiger partial charge in [0.15, 0.2) is 0 Å². The highest BCUT2D eigenvalue weighted by Gasteiger charge is 2.00. The van der Waals surface area contributed by atoms with Crippen molar-refractivity contribution >= 4 is 5.97 Å². The smallest absolute Gasteiger partial charge is 0.302 e. The molecule has 0 radical (unpaired) electrons. The van der Waals surface area contributed by atoms with Gasteiger partial charge in [0.25, 0.3) is 0 Å². The Kier molecular flexibility index (Phi) is 8.30. The fourth-order valence-electron chi connectivity index (χ4n) is 1.13. The minimum atomic E-state index is -0.182. The van der Waals surface area contributed by atoms with Crippen LogP contribution in [0.4, 0.5) is 0 Å². The third-order valence-electron chi connectivity index (χ3n) is 2.08. The van der Waals surface area contributed by atoms with Gasteiger partial charge in [-0.05, 0) is 25.2 Å². The van der Waals surface area contributed by atoms with Crippen molar-refractivity contribution in [2.75, 3.05) is 6.61 Å². The van der Waals surface area contributed by atoms with Crippen molar-refractivity contribution in [2.45, 2.75) is 46.5 Å². The summed E-state index contributed by atoms with van der Waals surface area (Å²) in [5, 5.41) is 0.